The minimum atomic E-state index is -1.53. The fourth-order valence-electron chi connectivity index (χ4n) is 2.14. The summed E-state index contributed by atoms with van der Waals surface area (Å²) in [5.41, 5.74) is -1.05. The predicted molar refractivity (Wildman–Crippen MR) is 82.0 cm³/mol. The van der Waals surface area contributed by atoms with Crippen molar-refractivity contribution in [2.45, 2.75) is 12.5 Å². The van der Waals surface area contributed by atoms with E-state index in [2.05, 4.69) is 5.32 Å². The molecule has 2 aromatic rings. The van der Waals surface area contributed by atoms with Crippen molar-refractivity contribution in [1.82, 2.24) is 5.32 Å². The smallest absolute Gasteiger partial charge is 0.326 e. The molecule has 0 aromatic heterocycles. The maximum Gasteiger partial charge on any atom is 0.326 e. The van der Waals surface area contributed by atoms with Crippen LogP contribution in [0.3, 0.4) is 0 Å². The Balaban J connectivity index is 2.20. The van der Waals surface area contributed by atoms with E-state index in [0.29, 0.717) is 12.1 Å². The van der Waals surface area contributed by atoms with Gasteiger partial charge in [0.2, 0.25) is 5.82 Å². The number of halogens is 3. The molecule has 0 spiro atoms. The van der Waals surface area contributed by atoms with Crippen LogP contribution in [-0.4, -0.2) is 27.9 Å². The number of carboxylic acids is 1. The van der Waals surface area contributed by atoms with Crippen LogP contribution in [0.1, 0.15) is 15.9 Å². The molecule has 10 heteroatoms. The molecule has 7 nitrogen and oxygen atoms in total. The third-order valence-electron chi connectivity index (χ3n) is 3.43. The Morgan fingerprint density at radius 1 is 1.08 bits per heavy atom. The van der Waals surface area contributed by atoms with Gasteiger partial charge in [0.25, 0.3) is 5.91 Å². The van der Waals surface area contributed by atoms with Crippen LogP contribution in [0.25, 0.3) is 0 Å². The quantitative estimate of drug-likeness (QED) is 0.601. The molecule has 136 valence electrons. The average molecular weight is 368 g/mol. The number of nitro groups is 1. The van der Waals surface area contributed by atoms with Crippen molar-refractivity contribution in [3.05, 3.63) is 75.1 Å². The number of nitro benzene ring substituents is 1. The second-order valence-corrected chi connectivity index (χ2v) is 5.24. The van der Waals surface area contributed by atoms with Crippen molar-refractivity contribution in [3.63, 3.8) is 0 Å². The van der Waals surface area contributed by atoms with Crippen LogP contribution in [0, 0.1) is 27.6 Å². The molecule has 2 N–H and O–H groups in total. The van der Waals surface area contributed by atoms with E-state index in [4.69, 9.17) is 0 Å². The first kappa shape index (κ1) is 18.9. The van der Waals surface area contributed by atoms with Crippen LogP contribution < -0.4 is 5.32 Å². The molecule has 0 bridgehead atoms. The van der Waals surface area contributed by atoms with Crippen molar-refractivity contribution in [3.8, 4) is 0 Å². The molecule has 0 aliphatic rings. The Morgan fingerprint density at radius 3 is 2.31 bits per heavy atom. The SMILES string of the molecule is O=C(N[C@@H](Cc1ccc(F)c([N+](=O)[O-])c1)C(=O)O)c1ccc(F)c(F)c1. The molecule has 0 aliphatic heterocycles. The molecule has 2 aromatic carbocycles. The second kappa shape index (κ2) is 7.64. The van der Waals surface area contributed by atoms with Crippen molar-refractivity contribution in [2.75, 3.05) is 0 Å². The van der Waals surface area contributed by atoms with Gasteiger partial charge in [-0.15, -0.1) is 0 Å². The molecule has 1 amide bonds. The Kier molecular flexibility index (Phi) is 5.55. The van der Waals surface area contributed by atoms with Crippen LogP contribution in [-0.2, 0) is 11.2 Å². The summed E-state index contributed by atoms with van der Waals surface area (Å²) >= 11 is 0. The van der Waals surface area contributed by atoms with E-state index >= 15 is 0 Å². The number of rotatable bonds is 6. The first-order valence-electron chi connectivity index (χ1n) is 7.10. The second-order valence-electron chi connectivity index (χ2n) is 5.24. The van der Waals surface area contributed by atoms with Gasteiger partial charge in [0.05, 0.1) is 4.92 Å². The summed E-state index contributed by atoms with van der Waals surface area (Å²) in [6.45, 7) is 0. The van der Waals surface area contributed by atoms with Crippen LogP contribution in [0.4, 0.5) is 18.9 Å². The van der Waals surface area contributed by atoms with E-state index < -0.39 is 46.0 Å². The summed E-state index contributed by atoms with van der Waals surface area (Å²) in [4.78, 5) is 33.1. The number of nitrogens with zero attached hydrogens (tertiary/aromatic N) is 1. The van der Waals surface area contributed by atoms with E-state index in [1.54, 1.807) is 0 Å². The van der Waals surface area contributed by atoms with Gasteiger partial charge in [-0.2, -0.15) is 4.39 Å². The maximum absolute atomic E-state index is 13.3. The lowest BCUT2D eigenvalue weighted by molar-refractivity contribution is -0.387. The molecule has 2 rings (SSSR count). The van der Waals surface area contributed by atoms with Crippen molar-refractivity contribution in [1.29, 1.82) is 0 Å². The van der Waals surface area contributed by atoms with Gasteiger partial charge in [0, 0.05) is 18.1 Å². The fraction of sp³-hybridized carbons (Fsp3) is 0.125. The highest BCUT2D eigenvalue weighted by Gasteiger charge is 2.23. The zero-order valence-corrected chi connectivity index (χ0v) is 12.9. The number of benzene rings is 2. The van der Waals surface area contributed by atoms with Gasteiger partial charge in [-0.25, -0.2) is 13.6 Å². The summed E-state index contributed by atoms with van der Waals surface area (Å²) in [5.74, 6) is -5.98. The van der Waals surface area contributed by atoms with E-state index in [0.717, 1.165) is 24.3 Å². The van der Waals surface area contributed by atoms with Gasteiger partial charge in [-0.3, -0.25) is 14.9 Å². The van der Waals surface area contributed by atoms with E-state index in [1.165, 1.54) is 0 Å². The van der Waals surface area contributed by atoms with Gasteiger partial charge in [0.15, 0.2) is 11.6 Å². The molecule has 0 saturated carbocycles. The molecule has 0 aliphatic carbocycles. The number of hydrogen-bond acceptors (Lipinski definition) is 4. The fourth-order valence-corrected chi connectivity index (χ4v) is 2.14. The Hall–Kier alpha value is -3.43. The van der Waals surface area contributed by atoms with Gasteiger partial charge < -0.3 is 10.4 Å². The van der Waals surface area contributed by atoms with Gasteiger partial charge in [-0.1, -0.05) is 6.07 Å². The summed E-state index contributed by atoms with van der Waals surface area (Å²) < 4.78 is 39.4. The van der Waals surface area contributed by atoms with Crippen LogP contribution >= 0.6 is 0 Å². The number of nitrogens with one attached hydrogen (secondary N) is 1. The zero-order valence-electron chi connectivity index (χ0n) is 12.9. The zero-order chi connectivity index (χ0) is 19.4. The van der Waals surface area contributed by atoms with E-state index in [-0.39, 0.29) is 17.5 Å². The molecule has 0 fully saturated rings. The molecular formula is C16H11F3N2O5. The number of carbonyl (C=O) groups excluding carboxylic acids is 1. The van der Waals surface area contributed by atoms with Crippen molar-refractivity contribution >= 4 is 17.6 Å². The molecule has 0 radical (unpaired) electrons. The number of amides is 1. The number of aliphatic carboxylic acids is 1. The van der Waals surface area contributed by atoms with Gasteiger partial charge in [-0.05, 0) is 29.8 Å². The van der Waals surface area contributed by atoms with E-state index in [9.17, 15) is 38.0 Å². The van der Waals surface area contributed by atoms with Crippen LogP contribution in [0.2, 0.25) is 0 Å². The van der Waals surface area contributed by atoms with E-state index in [1.807, 2.05) is 0 Å². The van der Waals surface area contributed by atoms with Crippen LogP contribution in [0.5, 0.6) is 0 Å². The normalized spacial score (nSPS) is 11.7. The molecule has 1 atom stereocenters. The molecule has 0 unspecified atom stereocenters. The first-order chi connectivity index (χ1) is 12.2. The average Bonchev–Trinajstić information content (AvgIpc) is 2.57. The lowest BCUT2D eigenvalue weighted by Gasteiger charge is -2.15. The van der Waals surface area contributed by atoms with Crippen molar-refractivity contribution in [2.24, 2.45) is 0 Å². The highest BCUT2D eigenvalue weighted by Crippen LogP contribution is 2.19. The summed E-state index contributed by atoms with van der Waals surface area (Å²) in [5, 5.41) is 22.0. The monoisotopic (exact) mass is 368 g/mol. The maximum atomic E-state index is 13.3. The minimum absolute atomic E-state index is 0.0936. The Morgan fingerprint density at radius 2 is 1.73 bits per heavy atom. The first-order valence-corrected chi connectivity index (χ1v) is 7.10. The highest BCUT2D eigenvalue weighted by atomic mass is 19.2. The number of hydrogen-bond donors (Lipinski definition) is 2. The third kappa shape index (κ3) is 4.35. The summed E-state index contributed by atoms with van der Waals surface area (Å²) in [6.07, 6.45) is -0.383. The Labute approximate surface area is 144 Å². The van der Waals surface area contributed by atoms with Gasteiger partial charge >= 0.3 is 11.7 Å². The summed E-state index contributed by atoms with van der Waals surface area (Å²) in [7, 11) is 0. The molecule has 26 heavy (non-hydrogen) atoms. The molecule has 0 heterocycles. The van der Waals surface area contributed by atoms with Crippen LogP contribution in [0.15, 0.2) is 36.4 Å². The summed E-state index contributed by atoms with van der Waals surface area (Å²) in [6, 6.07) is 3.56. The highest BCUT2D eigenvalue weighted by molar-refractivity contribution is 5.96. The minimum Gasteiger partial charge on any atom is -0.480 e. The largest absolute Gasteiger partial charge is 0.480 e. The van der Waals surface area contributed by atoms with Gasteiger partial charge in [0.1, 0.15) is 6.04 Å². The molecular weight excluding hydrogens is 357 g/mol. The predicted octanol–water partition coefficient (Wildman–Crippen LogP) is 2.44. The Bertz CT molecular complexity index is 888. The van der Waals surface area contributed by atoms with Crippen molar-refractivity contribution < 1.29 is 32.8 Å². The lowest BCUT2D eigenvalue weighted by Crippen LogP contribution is -2.42. The number of carboxylic acid groups (broad SMARTS) is 1. The number of carbonyl (C=O) groups is 2. The standard InChI is InChI=1S/C16H11F3N2O5/c17-10-4-2-9(7-12(10)19)15(22)20-13(16(23)24)5-8-1-3-11(18)14(6-8)21(25)26/h1-4,6-7,13H,5H2,(H,20,22)(H,23,24)/t13-/m0/s1. The lowest BCUT2D eigenvalue weighted by atomic mass is 10.0. The topological polar surface area (TPSA) is 110 Å². The molecule has 0 saturated heterocycles. The third-order valence-corrected chi connectivity index (χ3v) is 3.43.